The molecule has 1 aliphatic rings. The van der Waals surface area contributed by atoms with Crippen molar-refractivity contribution >= 4 is 29.1 Å². The second kappa shape index (κ2) is 7.08. The second-order valence-electron chi connectivity index (χ2n) is 6.14. The first-order valence-corrected chi connectivity index (χ1v) is 8.62. The van der Waals surface area contributed by atoms with E-state index in [1.165, 1.54) is 18.2 Å². The van der Waals surface area contributed by atoms with Gasteiger partial charge in [-0.15, -0.1) is 0 Å². The van der Waals surface area contributed by atoms with Crippen LogP contribution in [0.4, 0.5) is 4.39 Å². The normalized spacial score (nSPS) is 16.1. The first-order chi connectivity index (χ1) is 11.5. The van der Waals surface area contributed by atoms with E-state index in [9.17, 15) is 9.18 Å². The highest BCUT2D eigenvalue weighted by Crippen LogP contribution is 2.40. The Hall–Kier alpha value is -1.65. The molecule has 126 valence electrons. The molecule has 1 aromatic heterocycles. The molecule has 2 aromatic rings. The van der Waals surface area contributed by atoms with Crippen LogP contribution in [0.5, 0.6) is 0 Å². The van der Waals surface area contributed by atoms with E-state index in [2.05, 4.69) is 10.3 Å². The maximum absolute atomic E-state index is 13.2. The molecule has 0 aliphatic heterocycles. The van der Waals surface area contributed by atoms with E-state index in [0.717, 1.165) is 31.2 Å². The molecule has 0 unspecified atom stereocenters. The molecule has 1 saturated carbocycles. The summed E-state index contributed by atoms with van der Waals surface area (Å²) in [6.45, 7) is 0.460. The van der Waals surface area contributed by atoms with Gasteiger partial charge in [-0.2, -0.15) is 0 Å². The van der Waals surface area contributed by atoms with Crippen LogP contribution >= 0.6 is 23.2 Å². The van der Waals surface area contributed by atoms with Crippen LogP contribution < -0.4 is 5.32 Å². The molecule has 0 radical (unpaired) electrons. The molecule has 0 saturated heterocycles. The molecule has 1 amide bonds. The van der Waals surface area contributed by atoms with Crippen molar-refractivity contribution in [3.05, 3.63) is 63.6 Å². The molecular formula is C18H17Cl2FN2O. The second-order valence-corrected chi connectivity index (χ2v) is 6.94. The standard InChI is InChI=1S/C18H17Cl2FN2O/c19-14-7-8-15(20)23-16(14)17(24)22-11-18(9-1-2-10-18)12-3-5-13(21)6-4-12/h3-8H,1-2,9-11H2,(H,22,24). The fraction of sp³-hybridized carbons (Fsp3) is 0.333. The molecule has 1 heterocycles. The van der Waals surface area contributed by atoms with Crippen LogP contribution in [-0.2, 0) is 5.41 Å². The van der Waals surface area contributed by atoms with E-state index in [-0.39, 0.29) is 33.0 Å². The first kappa shape index (κ1) is 17.2. The monoisotopic (exact) mass is 366 g/mol. The van der Waals surface area contributed by atoms with Gasteiger partial charge in [-0.25, -0.2) is 9.37 Å². The number of pyridine rings is 1. The van der Waals surface area contributed by atoms with E-state index in [4.69, 9.17) is 23.2 Å². The third-order valence-electron chi connectivity index (χ3n) is 4.63. The average molecular weight is 367 g/mol. The Kier molecular flexibility index (Phi) is 5.07. The maximum Gasteiger partial charge on any atom is 0.271 e. The van der Waals surface area contributed by atoms with Crippen molar-refractivity contribution < 1.29 is 9.18 Å². The minimum absolute atomic E-state index is 0.122. The summed E-state index contributed by atoms with van der Waals surface area (Å²) in [6, 6.07) is 9.63. The Morgan fingerprint density at radius 3 is 2.46 bits per heavy atom. The Morgan fingerprint density at radius 2 is 1.79 bits per heavy atom. The number of carbonyl (C=O) groups is 1. The van der Waals surface area contributed by atoms with Crippen molar-refractivity contribution in [1.82, 2.24) is 10.3 Å². The van der Waals surface area contributed by atoms with E-state index in [0.29, 0.717) is 6.54 Å². The van der Waals surface area contributed by atoms with Gasteiger partial charge < -0.3 is 5.32 Å². The predicted molar refractivity (Wildman–Crippen MR) is 93.1 cm³/mol. The number of nitrogens with zero attached hydrogens (tertiary/aromatic N) is 1. The lowest BCUT2D eigenvalue weighted by Crippen LogP contribution is -2.39. The summed E-state index contributed by atoms with van der Waals surface area (Å²) >= 11 is 11.9. The maximum atomic E-state index is 13.2. The SMILES string of the molecule is O=C(NCC1(c2ccc(F)cc2)CCCC1)c1nc(Cl)ccc1Cl. The number of aromatic nitrogens is 1. The minimum atomic E-state index is -0.351. The van der Waals surface area contributed by atoms with E-state index in [1.807, 2.05) is 0 Å². The van der Waals surface area contributed by atoms with Gasteiger partial charge >= 0.3 is 0 Å². The van der Waals surface area contributed by atoms with Crippen molar-refractivity contribution in [2.45, 2.75) is 31.1 Å². The molecule has 3 rings (SSSR count). The van der Waals surface area contributed by atoms with E-state index in [1.54, 1.807) is 18.2 Å². The molecule has 1 aromatic carbocycles. The molecular weight excluding hydrogens is 350 g/mol. The van der Waals surface area contributed by atoms with Crippen LogP contribution in [0.25, 0.3) is 0 Å². The highest BCUT2D eigenvalue weighted by Gasteiger charge is 2.36. The number of rotatable bonds is 4. The topological polar surface area (TPSA) is 42.0 Å². The number of nitrogens with one attached hydrogen (secondary N) is 1. The van der Waals surface area contributed by atoms with Crippen molar-refractivity contribution in [1.29, 1.82) is 0 Å². The Balaban J connectivity index is 1.78. The molecule has 0 spiro atoms. The number of carbonyl (C=O) groups excluding carboxylic acids is 1. The van der Waals surface area contributed by atoms with Gasteiger partial charge in [0.15, 0.2) is 0 Å². The van der Waals surface area contributed by atoms with Crippen molar-refractivity contribution in [2.75, 3.05) is 6.54 Å². The summed E-state index contributed by atoms with van der Waals surface area (Å²) in [5, 5.41) is 3.41. The van der Waals surface area contributed by atoms with Gasteiger partial charge in [-0.05, 0) is 42.7 Å². The van der Waals surface area contributed by atoms with Crippen LogP contribution in [0.1, 0.15) is 41.7 Å². The minimum Gasteiger partial charge on any atom is -0.350 e. The Labute approximate surface area is 150 Å². The summed E-state index contributed by atoms with van der Waals surface area (Å²) in [5.41, 5.74) is 0.997. The number of benzene rings is 1. The Bertz CT molecular complexity index is 743. The third kappa shape index (κ3) is 3.55. The third-order valence-corrected chi connectivity index (χ3v) is 5.15. The first-order valence-electron chi connectivity index (χ1n) is 7.86. The van der Waals surface area contributed by atoms with Gasteiger partial charge in [-0.3, -0.25) is 4.79 Å². The van der Waals surface area contributed by atoms with Crippen molar-refractivity contribution in [2.24, 2.45) is 0 Å². The molecule has 24 heavy (non-hydrogen) atoms. The molecule has 6 heteroatoms. The van der Waals surface area contributed by atoms with Gasteiger partial charge in [0.05, 0.1) is 5.02 Å². The highest BCUT2D eigenvalue weighted by molar-refractivity contribution is 6.34. The highest BCUT2D eigenvalue weighted by atomic mass is 35.5. The molecule has 1 fully saturated rings. The Morgan fingerprint density at radius 1 is 1.12 bits per heavy atom. The van der Waals surface area contributed by atoms with E-state index < -0.39 is 0 Å². The van der Waals surface area contributed by atoms with Crippen LogP contribution in [0.15, 0.2) is 36.4 Å². The number of hydrogen-bond donors (Lipinski definition) is 1. The zero-order valence-electron chi connectivity index (χ0n) is 13.0. The average Bonchev–Trinajstić information content (AvgIpc) is 3.05. The van der Waals surface area contributed by atoms with Gasteiger partial charge in [0, 0.05) is 12.0 Å². The van der Waals surface area contributed by atoms with Crippen molar-refractivity contribution in [3.8, 4) is 0 Å². The smallest absolute Gasteiger partial charge is 0.271 e. The molecule has 3 nitrogen and oxygen atoms in total. The van der Waals surface area contributed by atoms with Gasteiger partial charge in [0.25, 0.3) is 5.91 Å². The lowest BCUT2D eigenvalue weighted by Gasteiger charge is -2.30. The lowest BCUT2D eigenvalue weighted by atomic mass is 9.79. The summed E-state index contributed by atoms with van der Waals surface area (Å²) in [5.74, 6) is -0.610. The van der Waals surface area contributed by atoms with Crippen LogP contribution in [0, 0.1) is 5.82 Å². The molecule has 1 N–H and O–H groups in total. The molecule has 1 aliphatic carbocycles. The van der Waals surface area contributed by atoms with Crippen LogP contribution in [0.3, 0.4) is 0 Å². The van der Waals surface area contributed by atoms with Crippen LogP contribution in [-0.4, -0.2) is 17.4 Å². The summed E-state index contributed by atoms with van der Waals surface area (Å²) in [4.78, 5) is 16.4. The largest absolute Gasteiger partial charge is 0.350 e. The quantitative estimate of drug-likeness (QED) is 0.791. The summed E-state index contributed by atoms with van der Waals surface area (Å²) < 4.78 is 13.2. The zero-order valence-corrected chi connectivity index (χ0v) is 14.5. The van der Waals surface area contributed by atoms with E-state index >= 15 is 0 Å². The number of halogens is 3. The molecule has 0 atom stereocenters. The van der Waals surface area contributed by atoms with Crippen LogP contribution in [0.2, 0.25) is 10.2 Å². The number of amides is 1. The van der Waals surface area contributed by atoms with Gasteiger partial charge in [0.1, 0.15) is 16.7 Å². The predicted octanol–water partition coefficient (Wildman–Crippen LogP) is 4.77. The van der Waals surface area contributed by atoms with Gasteiger partial charge in [-0.1, -0.05) is 48.2 Å². The molecule has 0 bridgehead atoms. The fourth-order valence-electron chi connectivity index (χ4n) is 3.33. The summed E-state index contributed by atoms with van der Waals surface area (Å²) in [6.07, 6.45) is 4.08. The van der Waals surface area contributed by atoms with Gasteiger partial charge in [0.2, 0.25) is 0 Å². The fourth-order valence-corrected chi connectivity index (χ4v) is 3.67. The van der Waals surface area contributed by atoms with Crippen molar-refractivity contribution in [3.63, 3.8) is 0 Å². The number of hydrogen-bond acceptors (Lipinski definition) is 2. The lowest BCUT2D eigenvalue weighted by molar-refractivity contribution is 0.0938. The summed E-state index contributed by atoms with van der Waals surface area (Å²) in [7, 11) is 0. The zero-order chi connectivity index (χ0) is 17.2.